The summed E-state index contributed by atoms with van der Waals surface area (Å²) in [5.74, 6) is 0.608. The first kappa shape index (κ1) is 20.8. The minimum absolute atomic E-state index is 0.0350. The van der Waals surface area contributed by atoms with Crippen LogP contribution in [0.4, 0.5) is 5.69 Å². The number of hydrogen-bond acceptors (Lipinski definition) is 6. The Morgan fingerprint density at radius 2 is 2.10 bits per heavy atom. The van der Waals surface area contributed by atoms with Crippen molar-refractivity contribution in [3.63, 3.8) is 0 Å². The molecule has 7 heteroatoms. The van der Waals surface area contributed by atoms with Crippen molar-refractivity contribution in [1.29, 1.82) is 0 Å². The van der Waals surface area contributed by atoms with E-state index >= 15 is 0 Å². The molecule has 2 atom stereocenters. The van der Waals surface area contributed by atoms with Crippen molar-refractivity contribution >= 4 is 11.6 Å². The van der Waals surface area contributed by atoms with Gasteiger partial charge in [0, 0.05) is 25.1 Å². The van der Waals surface area contributed by atoms with Crippen molar-refractivity contribution in [3.05, 3.63) is 66.2 Å². The molecule has 2 N–H and O–H groups in total. The second-order valence-electron chi connectivity index (χ2n) is 6.69. The number of ether oxygens (including phenoxy) is 3. The van der Waals surface area contributed by atoms with Gasteiger partial charge in [-0.05, 0) is 48.7 Å². The van der Waals surface area contributed by atoms with Gasteiger partial charge in [0.25, 0.3) is 5.91 Å². The number of carbonyl (C=O) groups excluding carboxylic acids is 1. The van der Waals surface area contributed by atoms with Crippen LogP contribution in [0.3, 0.4) is 0 Å². The van der Waals surface area contributed by atoms with E-state index in [4.69, 9.17) is 19.3 Å². The van der Waals surface area contributed by atoms with Gasteiger partial charge >= 0.3 is 0 Å². The minimum Gasteiger partial charge on any atom is -0.497 e. The molecule has 0 spiro atoms. The molecule has 1 aliphatic rings. The summed E-state index contributed by atoms with van der Waals surface area (Å²) in [6.07, 6.45) is 6.48. The van der Waals surface area contributed by atoms with E-state index in [1.54, 1.807) is 31.6 Å². The van der Waals surface area contributed by atoms with Crippen molar-refractivity contribution in [2.24, 2.45) is 0 Å². The SMILES string of the molecule is COc1ccc([C@@H]2C=C(C(=O)Nc3cccnc3)O[C@H](OCCCCO)C2)cc1. The van der Waals surface area contributed by atoms with Crippen LogP contribution >= 0.6 is 0 Å². The number of pyridine rings is 1. The van der Waals surface area contributed by atoms with Crippen molar-refractivity contribution < 1.29 is 24.1 Å². The van der Waals surface area contributed by atoms with Gasteiger partial charge in [0.1, 0.15) is 5.75 Å². The molecule has 3 rings (SSSR count). The topological polar surface area (TPSA) is 89.9 Å². The molecule has 29 heavy (non-hydrogen) atoms. The number of aromatic nitrogens is 1. The molecule has 0 fully saturated rings. The number of unbranched alkanes of at least 4 members (excludes halogenated alkanes) is 1. The molecule has 0 unspecified atom stereocenters. The fourth-order valence-corrected chi connectivity index (χ4v) is 3.06. The predicted molar refractivity (Wildman–Crippen MR) is 108 cm³/mol. The molecule has 2 aromatic rings. The number of aliphatic hydroxyl groups excluding tert-OH is 1. The highest BCUT2D eigenvalue weighted by Gasteiger charge is 2.28. The molecular formula is C22H26N2O5. The monoisotopic (exact) mass is 398 g/mol. The number of hydrogen-bond donors (Lipinski definition) is 2. The number of anilines is 1. The number of amides is 1. The van der Waals surface area contributed by atoms with Crippen LogP contribution in [-0.4, -0.2) is 42.6 Å². The van der Waals surface area contributed by atoms with Gasteiger partial charge in [-0.1, -0.05) is 12.1 Å². The summed E-state index contributed by atoms with van der Waals surface area (Å²) >= 11 is 0. The molecule has 0 aliphatic carbocycles. The van der Waals surface area contributed by atoms with E-state index in [1.807, 2.05) is 30.3 Å². The lowest BCUT2D eigenvalue weighted by atomic mass is 9.93. The number of allylic oxidation sites excluding steroid dienone is 1. The van der Waals surface area contributed by atoms with Crippen LogP contribution in [-0.2, 0) is 14.3 Å². The zero-order valence-corrected chi connectivity index (χ0v) is 16.4. The quantitative estimate of drug-likeness (QED) is 0.631. The third-order valence-electron chi connectivity index (χ3n) is 4.60. The van der Waals surface area contributed by atoms with Crippen molar-refractivity contribution in [2.75, 3.05) is 25.6 Å². The minimum atomic E-state index is -0.541. The molecule has 7 nitrogen and oxygen atoms in total. The van der Waals surface area contributed by atoms with Crippen LogP contribution in [0, 0.1) is 0 Å². The molecule has 154 valence electrons. The summed E-state index contributed by atoms with van der Waals surface area (Å²) in [5.41, 5.74) is 1.64. The summed E-state index contributed by atoms with van der Waals surface area (Å²) < 4.78 is 16.9. The lowest BCUT2D eigenvalue weighted by Gasteiger charge is -2.29. The molecule has 1 amide bonds. The number of nitrogens with zero attached hydrogens (tertiary/aromatic N) is 1. The maximum Gasteiger partial charge on any atom is 0.290 e. The van der Waals surface area contributed by atoms with Crippen molar-refractivity contribution in [1.82, 2.24) is 4.98 Å². The highest BCUT2D eigenvalue weighted by Crippen LogP contribution is 2.32. The molecule has 0 saturated heterocycles. The Bertz CT molecular complexity index is 808. The molecule has 1 aliphatic heterocycles. The number of benzene rings is 1. The Morgan fingerprint density at radius 3 is 2.79 bits per heavy atom. The second-order valence-corrected chi connectivity index (χ2v) is 6.69. The lowest BCUT2D eigenvalue weighted by Crippen LogP contribution is -2.29. The largest absolute Gasteiger partial charge is 0.497 e. The molecule has 0 saturated carbocycles. The average Bonchev–Trinajstić information content (AvgIpc) is 2.77. The van der Waals surface area contributed by atoms with Gasteiger partial charge in [-0.2, -0.15) is 0 Å². The maximum absolute atomic E-state index is 12.7. The van der Waals surface area contributed by atoms with Gasteiger partial charge in [0.05, 0.1) is 25.6 Å². The average molecular weight is 398 g/mol. The van der Waals surface area contributed by atoms with Crippen LogP contribution in [0.25, 0.3) is 0 Å². The third kappa shape index (κ3) is 6.04. The Balaban J connectivity index is 1.75. The van der Waals surface area contributed by atoms with E-state index in [-0.39, 0.29) is 24.2 Å². The lowest BCUT2D eigenvalue weighted by molar-refractivity contribution is -0.143. The highest BCUT2D eigenvalue weighted by atomic mass is 16.7. The van der Waals surface area contributed by atoms with Crippen molar-refractivity contribution in [3.8, 4) is 5.75 Å². The summed E-state index contributed by atoms with van der Waals surface area (Å²) in [6, 6.07) is 11.3. The second kappa shape index (κ2) is 10.6. The van der Waals surface area contributed by atoms with E-state index in [0.717, 1.165) is 17.7 Å². The summed E-state index contributed by atoms with van der Waals surface area (Å²) in [4.78, 5) is 16.7. The molecular weight excluding hydrogens is 372 g/mol. The predicted octanol–water partition coefficient (Wildman–Crippen LogP) is 3.23. The highest BCUT2D eigenvalue weighted by molar-refractivity contribution is 6.02. The molecule has 1 aromatic carbocycles. The van der Waals surface area contributed by atoms with Gasteiger partial charge in [-0.25, -0.2) is 0 Å². The van der Waals surface area contributed by atoms with Gasteiger partial charge in [0.15, 0.2) is 5.76 Å². The van der Waals surface area contributed by atoms with Crippen LogP contribution in [0.1, 0.15) is 30.7 Å². The van der Waals surface area contributed by atoms with Gasteiger partial charge in [0.2, 0.25) is 6.29 Å². The van der Waals surface area contributed by atoms with Gasteiger partial charge < -0.3 is 24.6 Å². The molecule has 2 heterocycles. The van der Waals surface area contributed by atoms with E-state index in [1.165, 1.54) is 0 Å². The molecule has 0 radical (unpaired) electrons. The Hall–Kier alpha value is -2.90. The Labute approximate surface area is 170 Å². The summed E-state index contributed by atoms with van der Waals surface area (Å²) in [5, 5.41) is 11.7. The first-order chi connectivity index (χ1) is 14.2. The van der Waals surface area contributed by atoms with Gasteiger partial charge in [-0.15, -0.1) is 0 Å². The molecule has 1 aromatic heterocycles. The Morgan fingerprint density at radius 1 is 1.28 bits per heavy atom. The van der Waals surface area contributed by atoms with Crippen LogP contribution < -0.4 is 10.1 Å². The van der Waals surface area contributed by atoms with E-state index in [0.29, 0.717) is 25.1 Å². The number of methoxy groups -OCH3 is 1. The zero-order chi connectivity index (χ0) is 20.5. The van der Waals surface area contributed by atoms with Crippen LogP contribution in [0.5, 0.6) is 5.75 Å². The van der Waals surface area contributed by atoms with E-state index in [2.05, 4.69) is 10.3 Å². The first-order valence-corrected chi connectivity index (χ1v) is 9.66. The van der Waals surface area contributed by atoms with Gasteiger partial charge in [-0.3, -0.25) is 9.78 Å². The fourth-order valence-electron chi connectivity index (χ4n) is 3.06. The summed E-state index contributed by atoms with van der Waals surface area (Å²) in [6.45, 7) is 0.583. The van der Waals surface area contributed by atoms with Crippen molar-refractivity contribution in [2.45, 2.75) is 31.5 Å². The standard InChI is InChI=1S/C22H26N2O5/c1-27-19-8-6-16(7-9-19)17-13-20(22(26)24-18-5-4-10-23-15-18)29-21(14-17)28-12-3-2-11-25/h4-10,13,15,17,21,25H,2-3,11-12,14H2,1H3,(H,24,26)/t17-,21+/m1/s1. The number of carbonyl (C=O) groups is 1. The van der Waals surface area contributed by atoms with E-state index < -0.39 is 6.29 Å². The fraction of sp³-hybridized carbons (Fsp3) is 0.364. The normalized spacial score (nSPS) is 18.5. The third-order valence-corrected chi connectivity index (χ3v) is 4.60. The van der Waals surface area contributed by atoms with Crippen LogP contribution in [0.2, 0.25) is 0 Å². The number of aliphatic hydroxyl groups is 1. The molecule has 0 bridgehead atoms. The summed E-state index contributed by atoms with van der Waals surface area (Å²) in [7, 11) is 1.63. The maximum atomic E-state index is 12.7. The van der Waals surface area contributed by atoms with E-state index in [9.17, 15) is 4.79 Å². The first-order valence-electron chi connectivity index (χ1n) is 9.66. The number of rotatable bonds is 9. The zero-order valence-electron chi connectivity index (χ0n) is 16.4. The van der Waals surface area contributed by atoms with Crippen LogP contribution in [0.15, 0.2) is 60.6 Å². The number of nitrogens with one attached hydrogen (secondary N) is 1. The smallest absolute Gasteiger partial charge is 0.290 e. The Kier molecular flexibility index (Phi) is 7.61.